The fourth-order valence-electron chi connectivity index (χ4n) is 4.81. The molecule has 5 rings (SSSR count). The van der Waals surface area contributed by atoms with Crippen LogP contribution >= 0.6 is 11.6 Å². The fraction of sp³-hybridized carbons (Fsp3) is 0.417. The minimum absolute atomic E-state index is 0.0265. The molecule has 36 heavy (non-hydrogen) atoms. The predicted octanol–water partition coefficient (Wildman–Crippen LogP) is 2.56. The summed E-state index contributed by atoms with van der Waals surface area (Å²) in [6.07, 6.45) is -0.626. The number of piperazine rings is 1. The summed E-state index contributed by atoms with van der Waals surface area (Å²) >= 11 is 6.25. The second kappa shape index (κ2) is 9.98. The van der Waals surface area contributed by atoms with Gasteiger partial charge in [-0.05, 0) is 12.6 Å². The molecule has 0 aliphatic carbocycles. The molecule has 2 aliphatic rings. The maximum Gasteiger partial charge on any atom is 0.285 e. The van der Waals surface area contributed by atoms with Crippen molar-refractivity contribution in [3.05, 3.63) is 73.9 Å². The van der Waals surface area contributed by atoms with Gasteiger partial charge in [-0.15, -0.1) is 0 Å². The molecule has 0 saturated carbocycles. The highest BCUT2D eigenvalue weighted by Gasteiger charge is 2.32. The van der Waals surface area contributed by atoms with Crippen LogP contribution in [0.1, 0.15) is 39.3 Å². The van der Waals surface area contributed by atoms with Gasteiger partial charge in [-0.3, -0.25) is 14.3 Å². The van der Waals surface area contributed by atoms with E-state index in [0.717, 1.165) is 24.3 Å². The number of carbonyl (C=O) groups excluding carboxylic acids is 1. The van der Waals surface area contributed by atoms with E-state index in [4.69, 9.17) is 11.6 Å². The lowest BCUT2D eigenvalue weighted by Gasteiger charge is -2.33. The van der Waals surface area contributed by atoms with Crippen molar-refractivity contribution in [2.75, 3.05) is 44.7 Å². The first kappa shape index (κ1) is 24.4. The molecule has 0 spiro atoms. The molecule has 1 fully saturated rings. The number of benzene rings is 1. The van der Waals surface area contributed by atoms with Crippen LogP contribution in [0.5, 0.6) is 0 Å². The number of carbonyl (C=O) groups is 1. The molecule has 1 N–H and O–H groups in total. The monoisotopic (exact) mass is 517 g/mol. The number of nitrogens with one attached hydrogen (secondary N) is 1. The maximum atomic E-state index is 13.6. The van der Waals surface area contributed by atoms with Crippen molar-refractivity contribution in [2.45, 2.75) is 25.9 Å². The third-order valence-corrected chi connectivity index (χ3v) is 7.22. The van der Waals surface area contributed by atoms with Crippen molar-refractivity contribution in [2.24, 2.45) is 0 Å². The Balaban J connectivity index is 1.53. The Morgan fingerprint density at radius 1 is 1.17 bits per heavy atom. The SMILES string of the molecule is CN1CCN(C(=O)c2nn(Cc3ccccc3C(F)F)c3c2CN(c2cn[nH]c(=O)c2Cl)CC3)CC1. The van der Waals surface area contributed by atoms with Gasteiger partial charge in [-0.1, -0.05) is 35.9 Å². The average Bonchev–Trinajstić information content (AvgIpc) is 3.23. The van der Waals surface area contributed by atoms with Gasteiger partial charge in [0.15, 0.2) is 5.69 Å². The summed E-state index contributed by atoms with van der Waals surface area (Å²) in [5, 5.41) is 10.9. The van der Waals surface area contributed by atoms with Gasteiger partial charge >= 0.3 is 0 Å². The molecule has 0 atom stereocenters. The van der Waals surface area contributed by atoms with Crippen LogP contribution in [0.25, 0.3) is 0 Å². The van der Waals surface area contributed by atoms with Gasteiger partial charge in [-0.25, -0.2) is 13.9 Å². The van der Waals surface area contributed by atoms with Crippen molar-refractivity contribution in [1.29, 1.82) is 0 Å². The molecule has 4 heterocycles. The molecule has 1 saturated heterocycles. The zero-order chi connectivity index (χ0) is 25.4. The van der Waals surface area contributed by atoms with E-state index in [1.165, 1.54) is 12.3 Å². The first-order chi connectivity index (χ1) is 17.3. The number of anilines is 1. The molecule has 0 unspecified atom stereocenters. The number of amides is 1. The first-order valence-corrected chi connectivity index (χ1v) is 12.1. The van der Waals surface area contributed by atoms with Crippen molar-refractivity contribution in [1.82, 2.24) is 29.8 Å². The van der Waals surface area contributed by atoms with E-state index in [1.807, 2.05) is 11.9 Å². The van der Waals surface area contributed by atoms with E-state index < -0.39 is 12.0 Å². The average molecular weight is 518 g/mol. The minimum Gasteiger partial charge on any atom is -0.364 e. The summed E-state index contributed by atoms with van der Waals surface area (Å²) in [5.41, 5.74) is 2.24. The molecule has 3 aromatic rings. The van der Waals surface area contributed by atoms with Gasteiger partial charge < -0.3 is 14.7 Å². The standard InChI is InChI=1S/C24H26ClF2N7O2/c1-31-8-10-32(11-9-31)24(36)21-17-14-33(19-12-28-29-23(35)20(19)25)7-6-18(17)34(30-21)13-15-4-2-3-5-16(15)22(26)27/h2-5,12,22H,6-11,13-14H2,1H3,(H,29,35). The second-order valence-electron chi connectivity index (χ2n) is 9.10. The number of aromatic amines is 1. The Bertz CT molecular complexity index is 1330. The molecule has 0 bridgehead atoms. The largest absolute Gasteiger partial charge is 0.364 e. The van der Waals surface area contributed by atoms with Crippen LogP contribution in [0.3, 0.4) is 0 Å². The van der Waals surface area contributed by atoms with Gasteiger partial charge in [0.1, 0.15) is 5.02 Å². The van der Waals surface area contributed by atoms with E-state index in [1.54, 1.807) is 27.8 Å². The Kier molecular flexibility index (Phi) is 6.76. The van der Waals surface area contributed by atoms with Crippen molar-refractivity contribution in [3.8, 4) is 0 Å². The Labute approximate surface area is 211 Å². The number of alkyl halides is 2. The van der Waals surface area contributed by atoms with Crippen LogP contribution in [-0.4, -0.2) is 75.5 Å². The van der Waals surface area contributed by atoms with Crippen molar-refractivity contribution >= 4 is 23.2 Å². The fourth-order valence-corrected chi connectivity index (χ4v) is 5.02. The van der Waals surface area contributed by atoms with Crippen LogP contribution in [0.15, 0.2) is 35.3 Å². The molecular weight excluding hydrogens is 492 g/mol. The number of hydrogen-bond donors (Lipinski definition) is 1. The minimum atomic E-state index is -2.61. The molecule has 190 valence electrons. The summed E-state index contributed by atoms with van der Waals surface area (Å²) in [4.78, 5) is 31.4. The highest BCUT2D eigenvalue weighted by atomic mass is 35.5. The third-order valence-electron chi connectivity index (χ3n) is 6.86. The number of likely N-dealkylation sites (N-methyl/N-ethyl adjacent to an activating group) is 1. The summed E-state index contributed by atoms with van der Waals surface area (Å²) in [6, 6.07) is 6.38. The Morgan fingerprint density at radius 3 is 2.67 bits per heavy atom. The molecule has 1 aromatic carbocycles. The number of H-pyrrole nitrogens is 1. The highest BCUT2D eigenvalue weighted by Crippen LogP contribution is 2.31. The lowest BCUT2D eigenvalue weighted by molar-refractivity contribution is 0.0656. The van der Waals surface area contributed by atoms with Crippen LogP contribution in [0, 0.1) is 0 Å². The predicted molar refractivity (Wildman–Crippen MR) is 131 cm³/mol. The second-order valence-corrected chi connectivity index (χ2v) is 9.47. The van der Waals surface area contributed by atoms with E-state index in [-0.39, 0.29) is 23.0 Å². The van der Waals surface area contributed by atoms with E-state index in [2.05, 4.69) is 20.2 Å². The van der Waals surface area contributed by atoms with Gasteiger partial charge in [0.05, 0.1) is 18.4 Å². The first-order valence-electron chi connectivity index (χ1n) is 11.7. The van der Waals surface area contributed by atoms with Crippen LogP contribution in [0.4, 0.5) is 14.5 Å². The number of halogens is 3. The van der Waals surface area contributed by atoms with E-state index in [0.29, 0.717) is 49.5 Å². The van der Waals surface area contributed by atoms with Crippen LogP contribution < -0.4 is 10.5 Å². The zero-order valence-corrected chi connectivity index (χ0v) is 20.5. The molecule has 12 heteroatoms. The Hall–Kier alpha value is -3.31. The molecule has 2 aromatic heterocycles. The quantitative estimate of drug-likeness (QED) is 0.559. The smallest absolute Gasteiger partial charge is 0.285 e. The lowest BCUT2D eigenvalue weighted by Crippen LogP contribution is -2.47. The number of fused-ring (bicyclic) bond motifs is 1. The third kappa shape index (κ3) is 4.60. The number of aromatic nitrogens is 4. The summed E-state index contributed by atoms with van der Waals surface area (Å²) in [5.74, 6) is -0.183. The van der Waals surface area contributed by atoms with Crippen LogP contribution in [-0.2, 0) is 19.5 Å². The topological polar surface area (TPSA) is 90.4 Å². The molecule has 0 radical (unpaired) electrons. The van der Waals surface area contributed by atoms with E-state index >= 15 is 0 Å². The zero-order valence-electron chi connectivity index (χ0n) is 19.8. The number of hydrogen-bond acceptors (Lipinski definition) is 6. The lowest BCUT2D eigenvalue weighted by atomic mass is 10.0. The van der Waals surface area contributed by atoms with Crippen LogP contribution in [0.2, 0.25) is 5.02 Å². The number of nitrogens with zero attached hydrogens (tertiary/aromatic N) is 6. The molecule has 1 amide bonds. The Morgan fingerprint density at radius 2 is 1.92 bits per heavy atom. The van der Waals surface area contributed by atoms with Crippen molar-refractivity contribution in [3.63, 3.8) is 0 Å². The molecular formula is C24H26ClF2N7O2. The van der Waals surface area contributed by atoms with Gasteiger partial charge in [0.2, 0.25) is 0 Å². The highest BCUT2D eigenvalue weighted by molar-refractivity contribution is 6.33. The molecule has 9 nitrogen and oxygen atoms in total. The van der Waals surface area contributed by atoms with Gasteiger partial charge in [0.25, 0.3) is 17.9 Å². The molecule has 2 aliphatic heterocycles. The maximum absolute atomic E-state index is 13.6. The van der Waals surface area contributed by atoms with Gasteiger partial charge in [0, 0.05) is 62.5 Å². The van der Waals surface area contributed by atoms with E-state index in [9.17, 15) is 18.4 Å². The summed E-state index contributed by atoms with van der Waals surface area (Å²) < 4.78 is 29.0. The van der Waals surface area contributed by atoms with Gasteiger partial charge in [-0.2, -0.15) is 10.2 Å². The number of rotatable bonds is 5. The normalized spacial score (nSPS) is 16.5. The summed E-state index contributed by atoms with van der Waals surface area (Å²) in [6.45, 7) is 3.62. The summed E-state index contributed by atoms with van der Waals surface area (Å²) in [7, 11) is 2.01. The van der Waals surface area contributed by atoms with Crippen molar-refractivity contribution < 1.29 is 13.6 Å².